The van der Waals surface area contributed by atoms with Crippen molar-refractivity contribution < 1.29 is 0 Å². The van der Waals surface area contributed by atoms with E-state index in [1.54, 1.807) is 0 Å². The molecule has 0 radical (unpaired) electrons. The molecule has 0 fully saturated rings. The van der Waals surface area contributed by atoms with Gasteiger partial charge in [-0.05, 0) is 58.7 Å². The molecule has 3 aromatic heterocycles. The van der Waals surface area contributed by atoms with Crippen LogP contribution in [0.15, 0.2) is 187 Å². The summed E-state index contributed by atoms with van der Waals surface area (Å²) in [5.74, 6) is 0.894. The Morgan fingerprint density at radius 2 is 1.18 bits per heavy atom. The molecule has 0 bridgehead atoms. The first-order valence-corrected chi connectivity index (χ1v) is 21.0. The second-order valence-corrected chi connectivity index (χ2v) is 16.9. The summed E-state index contributed by atoms with van der Waals surface area (Å²) in [5, 5.41) is 15.3. The van der Waals surface area contributed by atoms with Gasteiger partial charge in [0.2, 0.25) is 0 Å². The Hall–Kier alpha value is -6.57. The van der Waals surface area contributed by atoms with Crippen LogP contribution in [0.5, 0.6) is 0 Å². The number of fused-ring (bicyclic) bond motifs is 9. The molecule has 1 aliphatic rings. The van der Waals surface area contributed by atoms with E-state index >= 15 is 0 Å². The fourth-order valence-electron chi connectivity index (χ4n) is 8.88. The third kappa shape index (κ3) is 5.26. The number of amidine groups is 1. The van der Waals surface area contributed by atoms with E-state index in [0.717, 1.165) is 17.0 Å². The van der Waals surface area contributed by atoms with Gasteiger partial charge in [-0.15, -0.1) is 22.7 Å². The van der Waals surface area contributed by atoms with E-state index < -0.39 is 0 Å². The van der Waals surface area contributed by atoms with Crippen LogP contribution in [0.25, 0.3) is 79.0 Å². The summed E-state index contributed by atoms with van der Waals surface area (Å²) in [6, 6.07) is 66.0. The van der Waals surface area contributed by atoms with E-state index in [-0.39, 0.29) is 12.3 Å². The summed E-state index contributed by atoms with van der Waals surface area (Å²) in [6.07, 6.45) is -0.317. The second-order valence-electron chi connectivity index (χ2n) is 14.8. The molecule has 0 saturated carbocycles. The van der Waals surface area contributed by atoms with Gasteiger partial charge in [0.1, 0.15) is 18.2 Å². The number of nitrogens with one attached hydrogen (secondary N) is 2. The molecule has 57 heavy (non-hydrogen) atoms. The van der Waals surface area contributed by atoms with Gasteiger partial charge < -0.3 is 9.88 Å². The minimum atomic E-state index is -0.181. The van der Waals surface area contributed by atoms with Crippen LogP contribution >= 0.6 is 22.7 Å². The van der Waals surface area contributed by atoms with E-state index in [2.05, 4.69) is 197 Å². The number of aliphatic imine (C=N–C) groups is 1. The normalized spacial score (nSPS) is 15.9. The summed E-state index contributed by atoms with van der Waals surface area (Å²) in [7, 11) is 0. The second kappa shape index (κ2) is 13.0. The van der Waals surface area contributed by atoms with Gasteiger partial charge in [-0.2, -0.15) is 0 Å². The minimum Gasteiger partial charge on any atom is -0.350 e. The zero-order valence-electron chi connectivity index (χ0n) is 30.7. The van der Waals surface area contributed by atoms with Crippen LogP contribution in [-0.2, 0) is 0 Å². The minimum absolute atomic E-state index is 0.135. The van der Waals surface area contributed by atoms with E-state index in [0.29, 0.717) is 0 Å². The third-order valence-electron chi connectivity index (χ3n) is 11.5. The van der Waals surface area contributed by atoms with Crippen LogP contribution in [0.4, 0.5) is 0 Å². The van der Waals surface area contributed by atoms with Crippen LogP contribution < -0.4 is 10.6 Å². The first-order chi connectivity index (χ1) is 28.2. The Kier molecular flexibility index (Phi) is 7.45. The Balaban J connectivity index is 0.954. The lowest BCUT2D eigenvalue weighted by Crippen LogP contribution is -2.45. The molecule has 2 N–H and O–H groups in total. The number of hydrogen-bond donors (Lipinski definition) is 2. The lowest BCUT2D eigenvalue weighted by Gasteiger charge is -2.32. The summed E-state index contributed by atoms with van der Waals surface area (Å²) >= 11 is 3.77. The molecule has 12 rings (SSSR count). The van der Waals surface area contributed by atoms with Gasteiger partial charge in [-0.3, -0.25) is 5.32 Å². The Labute approximate surface area is 337 Å². The molecular formula is C51H34N4S2. The van der Waals surface area contributed by atoms with Crippen molar-refractivity contribution in [2.24, 2.45) is 4.99 Å². The molecule has 6 heteroatoms. The average molecular weight is 767 g/mol. The molecule has 11 aromatic rings. The molecule has 0 saturated heterocycles. The Morgan fingerprint density at radius 1 is 0.491 bits per heavy atom. The Bertz CT molecular complexity index is 3320. The summed E-state index contributed by atoms with van der Waals surface area (Å²) < 4.78 is 7.59. The van der Waals surface area contributed by atoms with Crippen molar-refractivity contribution >= 4 is 90.7 Å². The number of nitrogens with zero attached hydrogens (tertiary/aromatic N) is 2. The van der Waals surface area contributed by atoms with Gasteiger partial charge in [-0.25, -0.2) is 4.99 Å². The van der Waals surface area contributed by atoms with Crippen LogP contribution in [0, 0.1) is 0 Å². The van der Waals surface area contributed by atoms with Crippen molar-refractivity contribution in [3.63, 3.8) is 0 Å². The maximum atomic E-state index is 5.15. The quantitative estimate of drug-likeness (QED) is 0.183. The molecule has 2 unspecified atom stereocenters. The molecule has 0 amide bonds. The van der Waals surface area contributed by atoms with Gasteiger partial charge in [-0.1, -0.05) is 146 Å². The van der Waals surface area contributed by atoms with Crippen molar-refractivity contribution in [3.05, 3.63) is 199 Å². The number of benzene rings is 8. The first-order valence-electron chi connectivity index (χ1n) is 19.4. The predicted octanol–water partition coefficient (Wildman–Crippen LogP) is 13.5. The maximum Gasteiger partial charge on any atom is 0.131 e. The number of aromatic nitrogens is 1. The standard InChI is InChI=1S/C51H34N4S2/c1-3-13-31(14-4-1)49-52-50(32-15-5-2-6-16-32)54-51(53-49)41-21-12-24-44-47(41)40-27-25-33(29-45(40)56-44)35-19-11-20-39-38-28-26-34(30-46(38)57-48(35)39)55-42-22-9-7-17-36(42)37-18-8-10-23-43(37)55/h1-30,49,51,53H,(H,52,54). The maximum absolute atomic E-state index is 5.15. The molecule has 0 aliphatic carbocycles. The van der Waals surface area contributed by atoms with Gasteiger partial charge in [0.05, 0.1) is 11.0 Å². The van der Waals surface area contributed by atoms with Crippen molar-refractivity contribution in [1.82, 2.24) is 15.2 Å². The van der Waals surface area contributed by atoms with Crippen LogP contribution in [-0.4, -0.2) is 10.4 Å². The van der Waals surface area contributed by atoms with Gasteiger partial charge in [0.15, 0.2) is 0 Å². The predicted molar refractivity (Wildman–Crippen MR) is 243 cm³/mol. The molecule has 8 aromatic carbocycles. The highest BCUT2D eigenvalue weighted by Crippen LogP contribution is 2.45. The highest BCUT2D eigenvalue weighted by atomic mass is 32.1. The third-order valence-corrected chi connectivity index (χ3v) is 13.8. The first kappa shape index (κ1) is 32.7. The molecule has 4 nitrogen and oxygen atoms in total. The van der Waals surface area contributed by atoms with Crippen LogP contribution in [0.2, 0.25) is 0 Å². The number of thiophene rings is 2. The highest BCUT2D eigenvalue weighted by Gasteiger charge is 2.27. The largest absolute Gasteiger partial charge is 0.350 e. The Morgan fingerprint density at radius 3 is 1.98 bits per heavy atom. The molecule has 270 valence electrons. The van der Waals surface area contributed by atoms with Gasteiger partial charge in [0, 0.05) is 62.4 Å². The van der Waals surface area contributed by atoms with E-state index in [1.165, 1.54) is 84.5 Å². The molecular weight excluding hydrogens is 733 g/mol. The molecule has 4 heterocycles. The SMILES string of the molecule is c1ccc(C2=NC(c3ccccc3)NC(c3cccc4sc5cc(-c6cccc7c6sc6cc(-n8c9ccccc9c9ccccc98)ccc67)ccc5c34)N2)cc1. The summed E-state index contributed by atoms with van der Waals surface area (Å²) in [6.45, 7) is 0. The molecule has 1 aliphatic heterocycles. The van der Waals surface area contributed by atoms with Gasteiger partial charge >= 0.3 is 0 Å². The van der Waals surface area contributed by atoms with E-state index in [4.69, 9.17) is 4.99 Å². The average Bonchev–Trinajstić information content (AvgIpc) is 3.96. The summed E-state index contributed by atoms with van der Waals surface area (Å²) in [5.41, 5.74) is 9.61. The lowest BCUT2D eigenvalue weighted by molar-refractivity contribution is 0.411. The van der Waals surface area contributed by atoms with E-state index in [1.807, 2.05) is 22.7 Å². The van der Waals surface area contributed by atoms with Crippen molar-refractivity contribution in [3.8, 4) is 16.8 Å². The van der Waals surface area contributed by atoms with Crippen molar-refractivity contribution in [2.75, 3.05) is 0 Å². The van der Waals surface area contributed by atoms with Crippen molar-refractivity contribution in [2.45, 2.75) is 12.3 Å². The van der Waals surface area contributed by atoms with Crippen molar-refractivity contribution in [1.29, 1.82) is 0 Å². The lowest BCUT2D eigenvalue weighted by atomic mass is 9.99. The fraction of sp³-hybridized carbons (Fsp3) is 0.0392. The van der Waals surface area contributed by atoms with Gasteiger partial charge in [0.25, 0.3) is 0 Å². The monoisotopic (exact) mass is 766 g/mol. The number of para-hydroxylation sites is 2. The highest BCUT2D eigenvalue weighted by molar-refractivity contribution is 7.26. The molecule has 0 spiro atoms. The van der Waals surface area contributed by atoms with Crippen LogP contribution in [0.1, 0.15) is 29.0 Å². The summed E-state index contributed by atoms with van der Waals surface area (Å²) in [4.78, 5) is 5.15. The van der Waals surface area contributed by atoms with Crippen LogP contribution in [0.3, 0.4) is 0 Å². The fourth-order valence-corrected chi connectivity index (χ4v) is 11.3. The number of rotatable bonds is 5. The zero-order chi connectivity index (χ0) is 37.5. The zero-order valence-corrected chi connectivity index (χ0v) is 32.3. The smallest absolute Gasteiger partial charge is 0.131 e. The van der Waals surface area contributed by atoms with E-state index in [9.17, 15) is 0 Å². The topological polar surface area (TPSA) is 41.4 Å². The number of hydrogen-bond acceptors (Lipinski definition) is 5. The molecule has 2 atom stereocenters.